The maximum absolute atomic E-state index is 13.6. The van der Waals surface area contributed by atoms with Crippen LogP contribution in [0.15, 0.2) is 47.5 Å². The van der Waals surface area contributed by atoms with Crippen molar-refractivity contribution in [2.75, 3.05) is 0 Å². The molecule has 4 rings (SSSR count). The van der Waals surface area contributed by atoms with Crippen molar-refractivity contribution in [3.63, 3.8) is 0 Å². The monoisotopic (exact) mass is 419 g/mol. The van der Waals surface area contributed by atoms with Crippen molar-refractivity contribution in [3.05, 3.63) is 96.3 Å². The van der Waals surface area contributed by atoms with Crippen LogP contribution in [0.4, 0.5) is 21.5 Å². The molecule has 7 nitrogen and oxygen atoms in total. The molecule has 1 aliphatic rings. The van der Waals surface area contributed by atoms with Gasteiger partial charge < -0.3 is 0 Å². The van der Waals surface area contributed by atoms with E-state index in [-0.39, 0.29) is 17.2 Å². The number of aryl methyl sites for hydroxylation is 3. The van der Waals surface area contributed by atoms with Gasteiger partial charge in [0.05, 0.1) is 26.8 Å². The predicted molar refractivity (Wildman–Crippen MR) is 116 cm³/mol. The molecule has 0 unspecified atom stereocenters. The maximum Gasteiger partial charge on any atom is 0.278 e. The molecule has 0 aliphatic heterocycles. The van der Waals surface area contributed by atoms with Gasteiger partial charge in [0.15, 0.2) is 0 Å². The Balaban J connectivity index is 2.11. The van der Waals surface area contributed by atoms with Crippen molar-refractivity contribution in [1.82, 2.24) is 0 Å². The van der Waals surface area contributed by atoms with Crippen LogP contribution in [0.1, 0.15) is 34.7 Å². The molecule has 0 saturated heterocycles. The zero-order valence-electron chi connectivity index (χ0n) is 17.1. The van der Waals surface area contributed by atoms with Gasteiger partial charge in [-0.2, -0.15) is 0 Å². The molecular weight excluding hydrogens is 401 g/mol. The summed E-state index contributed by atoms with van der Waals surface area (Å²) in [6.07, 6.45) is 0.421. The summed E-state index contributed by atoms with van der Waals surface area (Å²) in [6.45, 7) is 5.28. The van der Waals surface area contributed by atoms with Crippen LogP contribution in [0.25, 0.3) is 11.1 Å². The zero-order valence-corrected chi connectivity index (χ0v) is 17.1. The summed E-state index contributed by atoms with van der Waals surface area (Å²) < 4.78 is 13.6. The fraction of sp³-hybridized carbons (Fsp3) is 0.174. The van der Waals surface area contributed by atoms with E-state index in [0.717, 1.165) is 0 Å². The molecule has 0 heterocycles. The number of nitro benzene ring substituents is 2. The average Bonchev–Trinajstić information content (AvgIpc) is 3.00. The van der Waals surface area contributed by atoms with Gasteiger partial charge in [-0.05, 0) is 61.7 Å². The highest BCUT2D eigenvalue weighted by Gasteiger charge is 2.35. The molecule has 3 aromatic carbocycles. The third kappa shape index (κ3) is 3.35. The van der Waals surface area contributed by atoms with Crippen molar-refractivity contribution < 1.29 is 14.2 Å². The van der Waals surface area contributed by atoms with Crippen molar-refractivity contribution in [1.29, 1.82) is 0 Å². The predicted octanol–water partition coefficient (Wildman–Crippen LogP) is 5.97. The Kier molecular flexibility index (Phi) is 4.85. The lowest BCUT2D eigenvalue weighted by Crippen LogP contribution is -2.02. The van der Waals surface area contributed by atoms with Crippen LogP contribution in [-0.2, 0) is 6.42 Å². The number of aliphatic imine (C=N–C) groups is 1. The van der Waals surface area contributed by atoms with Crippen LogP contribution in [-0.4, -0.2) is 15.6 Å². The summed E-state index contributed by atoms with van der Waals surface area (Å²) in [4.78, 5) is 27.2. The fourth-order valence-corrected chi connectivity index (χ4v) is 4.00. The molecule has 1 aliphatic carbocycles. The summed E-state index contributed by atoms with van der Waals surface area (Å²) in [6, 6.07) is 10.5. The molecule has 0 fully saturated rings. The van der Waals surface area contributed by atoms with E-state index in [9.17, 15) is 24.6 Å². The summed E-state index contributed by atoms with van der Waals surface area (Å²) in [7, 11) is 0. The van der Waals surface area contributed by atoms with E-state index in [4.69, 9.17) is 4.99 Å². The minimum atomic E-state index is -0.485. The molecule has 3 aromatic rings. The van der Waals surface area contributed by atoms with Crippen molar-refractivity contribution in [2.45, 2.75) is 27.2 Å². The quantitative estimate of drug-likeness (QED) is 0.300. The fourth-order valence-electron chi connectivity index (χ4n) is 4.00. The highest BCUT2D eigenvalue weighted by molar-refractivity contribution is 6.26. The first-order chi connectivity index (χ1) is 14.7. The summed E-state index contributed by atoms with van der Waals surface area (Å²) in [5, 5.41) is 23.4. The lowest BCUT2D eigenvalue weighted by atomic mass is 9.99. The second-order valence-electron chi connectivity index (χ2n) is 7.49. The van der Waals surface area contributed by atoms with Gasteiger partial charge in [0.2, 0.25) is 0 Å². The molecular formula is C23H18FN3O4. The van der Waals surface area contributed by atoms with Crippen molar-refractivity contribution >= 4 is 22.8 Å². The van der Waals surface area contributed by atoms with E-state index in [2.05, 4.69) is 0 Å². The van der Waals surface area contributed by atoms with Gasteiger partial charge in [0.25, 0.3) is 11.4 Å². The average molecular weight is 419 g/mol. The van der Waals surface area contributed by atoms with Gasteiger partial charge in [0.1, 0.15) is 5.82 Å². The minimum absolute atomic E-state index is 0.0821. The Labute approximate surface area is 177 Å². The van der Waals surface area contributed by atoms with Crippen LogP contribution in [0, 0.1) is 39.9 Å². The lowest BCUT2D eigenvalue weighted by molar-refractivity contribution is -0.385. The SMILES string of the molecule is CCc1cc2c(cc1[N+](=O)[O-])-c1c(cc(C)cc1[N+](=O)[O-])C2=Nc1ccc(F)cc1C. The molecule has 0 atom stereocenters. The number of fused-ring (bicyclic) bond motifs is 3. The van der Waals surface area contributed by atoms with Crippen molar-refractivity contribution in [2.24, 2.45) is 4.99 Å². The topological polar surface area (TPSA) is 98.6 Å². The third-order valence-corrected chi connectivity index (χ3v) is 5.43. The van der Waals surface area contributed by atoms with Crippen LogP contribution in [0.5, 0.6) is 0 Å². The number of nitro groups is 2. The van der Waals surface area contributed by atoms with Gasteiger partial charge >= 0.3 is 0 Å². The van der Waals surface area contributed by atoms with Crippen molar-refractivity contribution in [3.8, 4) is 11.1 Å². The number of halogens is 1. The first-order valence-corrected chi connectivity index (χ1v) is 9.67. The second-order valence-corrected chi connectivity index (χ2v) is 7.49. The summed E-state index contributed by atoms with van der Waals surface area (Å²) in [5.41, 5.74) is 4.44. The van der Waals surface area contributed by atoms with Gasteiger partial charge in [-0.1, -0.05) is 6.92 Å². The molecule has 0 amide bonds. The standard InChI is InChI=1S/C23H18FN3O4/c1-4-14-10-17-16(11-20(14)26(28)29)22-18(7-12(2)8-21(22)27(30)31)23(17)25-19-6-5-15(24)9-13(19)3/h5-11H,4H2,1-3H3. The molecule has 156 valence electrons. The minimum Gasteiger partial charge on any atom is -0.258 e. The molecule has 8 heteroatoms. The molecule has 31 heavy (non-hydrogen) atoms. The van der Waals surface area contributed by atoms with E-state index in [1.165, 1.54) is 24.3 Å². The Morgan fingerprint density at radius 3 is 2.23 bits per heavy atom. The van der Waals surface area contributed by atoms with Crippen LogP contribution in [0.3, 0.4) is 0 Å². The van der Waals surface area contributed by atoms with E-state index >= 15 is 0 Å². The Morgan fingerprint density at radius 2 is 1.61 bits per heavy atom. The van der Waals surface area contributed by atoms with E-state index in [1.54, 1.807) is 32.0 Å². The summed E-state index contributed by atoms with van der Waals surface area (Å²) >= 11 is 0. The largest absolute Gasteiger partial charge is 0.278 e. The van der Waals surface area contributed by atoms with Gasteiger partial charge in [0, 0.05) is 34.4 Å². The number of rotatable bonds is 4. The number of hydrogen-bond acceptors (Lipinski definition) is 5. The normalized spacial score (nSPS) is 13.2. The van der Waals surface area contributed by atoms with Crippen LogP contribution >= 0.6 is 0 Å². The Hall–Kier alpha value is -3.94. The van der Waals surface area contributed by atoms with Crippen LogP contribution in [0.2, 0.25) is 0 Å². The van der Waals surface area contributed by atoms with E-state index in [0.29, 0.717) is 56.8 Å². The highest BCUT2D eigenvalue weighted by atomic mass is 19.1. The lowest BCUT2D eigenvalue weighted by Gasteiger charge is -2.07. The third-order valence-electron chi connectivity index (χ3n) is 5.43. The molecule has 0 bridgehead atoms. The number of benzene rings is 3. The first kappa shape index (κ1) is 20.3. The highest BCUT2D eigenvalue weighted by Crippen LogP contribution is 2.46. The maximum atomic E-state index is 13.6. The second kappa shape index (κ2) is 7.39. The van der Waals surface area contributed by atoms with Crippen LogP contribution < -0.4 is 0 Å². The number of nitrogens with zero attached hydrogens (tertiary/aromatic N) is 3. The number of hydrogen-bond donors (Lipinski definition) is 0. The van der Waals surface area contributed by atoms with Gasteiger partial charge in [-0.3, -0.25) is 20.2 Å². The Bertz CT molecular complexity index is 1310. The van der Waals surface area contributed by atoms with E-state index < -0.39 is 9.85 Å². The molecule has 0 saturated carbocycles. The summed E-state index contributed by atoms with van der Waals surface area (Å²) in [5.74, 6) is -0.385. The van der Waals surface area contributed by atoms with Gasteiger partial charge in [-0.15, -0.1) is 0 Å². The molecule has 0 spiro atoms. The first-order valence-electron chi connectivity index (χ1n) is 9.67. The smallest absolute Gasteiger partial charge is 0.258 e. The molecule has 0 radical (unpaired) electrons. The van der Waals surface area contributed by atoms with Gasteiger partial charge in [-0.25, -0.2) is 9.38 Å². The van der Waals surface area contributed by atoms with E-state index in [1.807, 2.05) is 6.92 Å². The zero-order chi connectivity index (χ0) is 22.4. The molecule has 0 N–H and O–H groups in total. The molecule has 0 aromatic heterocycles. The Morgan fingerprint density at radius 1 is 0.903 bits per heavy atom.